The minimum absolute atomic E-state index is 0.0251. The zero-order valence-corrected chi connectivity index (χ0v) is 19.0. The summed E-state index contributed by atoms with van der Waals surface area (Å²) in [7, 11) is 0. The van der Waals surface area contributed by atoms with Gasteiger partial charge in [-0.15, -0.1) is 11.3 Å². The number of amides is 1. The van der Waals surface area contributed by atoms with Crippen molar-refractivity contribution in [3.63, 3.8) is 0 Å². The highest BCUT2D eigenvalue weighted by molar-refractivity contribution is 7.10. The number of nitro benzene ring substituents is 1. The van der Waals surface area contributed by atoms with Gasteiger partial charge in [-0.3, -0.25) is 19.7 Å². The Labute approximate surface area is 198 Å². The van der Waals surface area contributed by atoms with Crippen LogP contribution in [-0.2, 0) is 11.2 Å². The van der Waals surface area contributed by atoms with E-state index in [4.69, 9.17) is 4.98 Å². The summed E-state index contributed by atoms with van der Waals surface area (Å²) in [6.45, 7) is 1.20. The van der Waals surface area contributed by atoms with Crippen LogP contribution in [0.15, 0.2) is 58.7 Å². The van der Waals surface area contributed by atoms with Gasteiger partial charge < -0.3 is 4.90 Å². The number of nitrogens with zero attached hydrogens (tertiary/aromatic N) is 4. The van der Waals surface area contributed by atoms with E-state index in [2.05, 4.69) is 10.2 Å². The fraction of sp³-hybridized carbons (Fsp3) is 0.250. The number of H-pyrrole nitrogens is 1. The van der Waals surface area contributed by atoms with E-state index in [1.165, 1.54) is 17.4 Å². The highest BCUT2D eigenvalue weighted by atomic mass is 32.1. The lowest BCUT2D eigenvalue weighted by Gasteiger charge is -2.31. The summed E-state index contributed by atoms with van der Waals surface area (Å²) in [4.78, 5) is 42.4. The quantitative estimate of drug-likeness (QED) is 0.345. The van der Waals surface area contributed by atoms with Crippen molar-refractivity contribution in [2.24, 2.45) is 0 Å². The molecule has 9 nitrogen and oxygen atoms in total. The normalized spacial score (nSPS) is 14.4. The molecular formula is C24H21N5O4S. The van der Waals surface area contributed by atoms with Crippen LogP contribution >= 0.6 is 11.3 Å². The molecule has 10 heteroatoms. The summed E-state index contributed by atoms with van der Waals surface area (Å²) in [5, 5.41) is 22.0. The highest BCUT2D eigenvalue weighted by Crippen LogP contribution is 2.35. The molecule has 1 N–H and O–H groups in total. The Morgan fingerprint density at radius 3 is 2.59 bits per heavy atom. The van der Waals surface area contributed by atoms with Crippen LogP contribution in [0.5, 0.6) is 0 Å². The SMILES string of the molecule is O=C(Cc1n[nH]c(=O)c2ccccc12)N1CCC(c2nc(-c3ccccc3[N+](=O)[O-])cs2)CC1. The van der Waals surface area contributed by atoms with Crippen LogP contribution in [0.4, 0.5) is 5.69 Å². The van der Waals surface area contributed by atoms with E-state index in [-0.39, 0.29) is 34.4 Å². The van der Waals surface area contributed by atoms with E-state index in [0.29, 0.717) is 40.8 Å². The number of aromatic nitrogens is 3. The number of para-hydroxylation sites is 1. The first-order valence-corrected chi connectivity index (χ1v) is 11.8. The molecule has 0 bridgehead atoms. The number of benzene rings is 2. The molecule has 4 aromatic rings. The van der Waals surface area contributed by atoms with E-state index >= 15 is 0 Å². The fourth-order valence-electron chi connectivity index (χ4n) is 4.39. The van der Waals surface area contributed by atoms with Gasteiger partial charge in [0, 0.05) is 35.8 Å². The van der Waals surface area contributed by atoms with Gasteiger partial charge in [0.25, 0.3) is 11.2 Å². The topological polar surface area (TPSA) is 122 Å². The molecule has 3 heterocycles. The van der Waals surface area contributed by atoms with E-state index < -0.39 is 0 Å². The molecule has 0 unspecified atom stereocenters. The summed E-state index contributed by atoms with van der Waals surface area (Å²) < 4.78 is 0. The molecule has 5 rings (SSSR count). The summed E-state index contributed by atoms with van der Waals surface area (Å²) >= 11 is 1.51. The highest BCUT2D eigenvalue weighted by Gasteiger charge is 2.27. The lowest BCUT2D eigenvalue weighted by Crippen LogP contribution is -2.39. The number of likely N-dealkylation sites (tertiary alicyclic amines) is 1. The number of hydrogen-bond acceptors (Lipinski definition) is 7. The van der Waals surface area contributed by atoms with Crippen molar-refractivity contribution in [3.05, 3.63) is 85.1 Å². The van der Waals surface area contributed by atoms with E-state index in [1.807, 2.05) is 22.4 Å². The Bertz CT molecular complexity index is 1440. The molecule has 1 fully saturated rings. The van der Waals surface area contributed by atoms with Gasteiger partial charge in [0.2, 0.25) is 5.91 Å². The predicted octanol–water partition coefficient (Wildman–Crippen LogP) is 3.90. The largest absolute Gasteiger partial charge is 0.342 e. The maximum absolute atomic E-state index is 12.9. The molecule has 0 atom stereocenters. The fourth-order valence-corrected chi connectivity index (χ4v) is 5.38. The molecule has 1 aliphatic rings. The number of fused-ring (bicyclic) bond motifs is 1. The first-order chi connectivity index (χ1) is 16.5. The van der Waals surface area contributed by atoms with Gasteiger partial charge in [0.1, 0.15) is 0 Å². The van der Waals surface area contributed by atoms with Gasteiger partial charge in [-0.2, -0.15) is 5.10 Å². The Kier molecular flexibility index (Phi) is 5.89. The molecule has 1 aliphatic heterocycles. The maximum atomic E-state index is 12.9. The average molecular weight is 476 g/mol. The second-order valence-corrected chi connectivity index (χ2v) is 9.11. The maximum Gasteiger partial charge on any atom is 0.278 e. The van der Waals surface area contributed by atoms with E-state index in [0.717, 1.165) is 17.8 Å². The number of nitro groups is 1. The first kappa shape index (κ1) is 21.9. The molecule has 0 radical (unpaired) electrons. The average Bonchev–Trinajstić information content (AvgIpc) is 3.36. The van der Waals surface area contributed by atoms with Crippen LogP contribution in [-0.4, -0.2) is 44.0 Å². The molecule has 172 valence electrons. The third-order valence-electron chi connectivity index (χ3n) is 6.19. The van der Waals surface area contributed by atoms with Crippen molar-refractivity contribution < 1.29 is 9.72 Å². The smallest absolute Gasteiger partial charge is 0.278 e. The summed E-state index contributed by atoms with van der Waals surface area (Å²) in [5.41, 5.74) is 1.47. The number of carbonyl (C=O) groups is 1. The van der Waals surface area contributed by atoms with Crippen LogP contribution in [0.1, 0.15) is 29.5 Å². The molecule has 34 heavy (non-hydrogen) atoms. The number of piperidine rings is 1. The summed E-state index contributed by atoms with van der Waals surface area (Å²) in [6.07, 6.45) is 1.67. The Hall–Kier alpha value is -3.92. The third kappa shape index (κ3) is 4.19. The number of thiazole rings is 1. The standard InChI is InChI=1S/C24H21N5O4S/c30-22(13-19-16-5-1-2-6-17(16)23(31)27-26-19)28-11-9-15(10-12-28)24-25-20(14-34-24)18-7-3-4-8-21(18)29(32)33/h1-8,14-15H,9-13H2,(H,27,31). The molecule has 0 spiro atoms. The molecule has 1 amide bonds. The van der Waals surface area contributed by atoms with Crippen molar-refractivity contribution >= 4 is 33.7 Å². The van der Waals surface area contributed by atoms with Crippen molar-refractivity contribution in [1.82, 2.24) is 20.1 Å². The Balaban J connectivity index is 1.26. The van der Waals surface area contributed by atoms with Gasteiger partial charge in [0.05, 0.1) is 38.7 Å². The third-order valence-corrected chi connectivity index (χ3v) is 7.20. The second-order valence-electron chi connectivity index (χ2n) is 8.22. The zero-order chi connectivity index (χ0) is 23.7. The molecular weight excluding hydrogens is 454 g/mol. The van der Waals surface area contributed by atoms with Gasteiger partial charge >= 0.3 is 0 Å². The van der Waals surface area contributed by atoms with Crippen molar-refractivity contribution in [3.8, 4) is 11.3 Å². The number of carbonyl (C=O) groups excluding carboxylic acids is 1. The van der Waals surface area contributed by atoms with Crippen LogP contribution in [0.25, 0.3) is 22.0 Å². The van der Waals surface area contributed by atoms with Gasteiger partial charge in [-0.05, 0) is 25.0 Å². The van der Waals surface area contributed by atoms with Gasteiger partial charge in [-0.1, -0.05) is 30.3 Å². The Morgan fingerprint density at radius 1 is 1.12 bits per heavy atom. The van der Waals surface area contributed by atoms with Gasteiger partial charge in [0.15, 0.2) is 0 Å². The number of hydrogen-bond donors (Lipinski definition) is 1. The molecule has 2 aromatic carbocycles. The lowest BCUT2D eigenvalue weighted by molar-refractivity contribution is -0.384. The van der Waals surface area contributed by atoms with Crippen LogP contribution in [0.2, 0.25) is 0 Å². The minimum atomic E-state index is -0.390. The lowest BCUT2D eigenvalue weighted by atomic mass is 9.97. The Morgan fingerprint density at radius 2 is 1.82 bits per heavy atom. The van der Waals surface area contributed by atoms with Crippen LogP contribution in [0, 0.1) is 10.1 Å². The summed E-state index contributed by atoms with van der Waals surface area (Å²) in [5.74, 6) is 0.181. The number of rotatable bonds is 5. The number of nitrogens with one attached hydrogen (secondary N) is 1. The van der Waals surface area contributed by atoms with Crippen molar-refractivity contribution in [1.29, 1.82) is 0 Å². The molecule has 1 saturated heterocycles. The summed E-state index contributed by atoms with van der Waals surface area (Å²) in [6, 6.07) is 13.8. The molecule has 0 saturated carbocycles. The van der Waals surface area contributed by atoms with E-state index in [9.17, 15) is 19.7 Å². The second kappa shape index (κ2) is 9.14. The predicted molar refractivity (Wildman–Crippen MR) is 129 cm³/mol. The van der Waals surface area contributed by atoms with Gasteiger partial charge in [-0.25, -0.2) is 10.1 Å². The first-order valence-electron chi connectivity index (χ1n) is 10.9. The van der Waals surface area contributed by atoms with Crippen molar-refractivity contribution in [2.45, 2.75) is 25.2 Å². The molecule has 0 aliphatic carbocycles. The van der Waals surface area contributed by atoms with Crippen molar-refractivity contribution in [2.75, 3.05) is 13.1 Å². The van der Waals surface area contributed by atoms with Crippen LogP contribution < -0.4 is 5.56 Å². The van der Waals surface area contributed by atoms with E-state index in [1.54, 1.807) is 30.3 Å². The zero-order valence-electron chi connectivity index (χ0n) is 18.1. The number of aromatic amines is 1. The minimum Gasteiger partial charge on any atom is -0.342 e. The monoisotopic (exact) mass is 475 g/mol. The van der Waals surface area contributed by atoms with Crippen LogP contribution in [0.3, 0.4) is 0 Å². The molecule has 2 aromatic heterocycles.